The number of carbonyl (C=O) groups is 2. The number of Topliss-reactive ketones (excluding diaryl/α,β-unsaturated/α-hetero) is 1. The van der Waals surface area contributed by atoms with Crippen LogP contribution < -0.4 is 10.3 Å². The molecule has 0 aliphatic carbocycles. The second-order valence-corrected chi connectivity index (χ2v) is 7.20. The highest BCUT2D eigenvalue weighted by Crippen LogP contribution is 2.27. The van der Waals surface area contributed by atoms with Crippen molar-refractivity contribution in [2.24, 2.45) is 0 Å². The fourth-order valence-corrected chi connectivity index (χ4v) is 3.83. The molecule has 0 saturated carbocycles. The monoisotopic (exact) mass is 416 g/mol. The zero-order chi connectivity index (χ0) is 21.0. The molecule has 29 heavy (non-hydrogen) atoms. The van der Waals surface area contributed by atoms with Gasteiger partial charge in [-0.15, -0.1) is 11.3 Å². The van der Waals surface area contributed by atoms with Gasteiger partial charge in [-0.1, -0.05) is 12.1 Å². The molecular formula is C20H20N2O6S. The summed E-state index contributed by atoms with van der Waals surface area (Å²) in [6, 6.07) is 6.72. The average Bonchev–Trinajstić information content (AvgIpc) is 3.07. The summed E-state index contributed by atoms with van der Waals surface area (Å²) in [5.74, 6) is -0.220. The van der Waals surface area contributed by atoms with Gasteiger partial charge in [-0.3, -0.25) is 14.2 Å². The average molecular weight is 416 g/mol. The summed E-state index contributed by atoms with van der Waals surface area (Å²) in [7, 11) is 3.03. The largest absolute Gasteiger partial charge is 0.497 e. The van der Waals surface area contributed by atoms with E-state index in [9.17, 15) is 14.4 Å². The Morgan fingerprint density at radius 2 is 2.00 bits per heavy atom. The number of thiophene rings is 1. The van der Waals surface area contributed by atoms with Gasteiger partial charge in [0.05, 0.1) is 32.0 Å². The number of methoxy groups -OCH3 is 2. The first-order valence-electron chi connectivity index (χ1n) is 8.78. The molecule has 152 valence electrons. The van der Waals surface area contributed by atoms with Crippen LogP contribution in [0, 0.1) is 6.92 Å². The molecule has 2 heterocycles. The first kappa shape index (κ1) is 20.7. The molecule has 8 nitrogen and oxygen atoms in total. The van der Waals surface area contributed by atoms with Gasteiger partial charge in [0.1, 0.15) is 22.1 Å². The maximum atomic E-state index is 12.9. The maximum absolute atomic E-state index is 12.9. The predicted octanol–water partition coefficient (Wildman–Crippen LogP) is 2.46. The summed E-state index contributed by atoms with van der Waals surface area (Å²) in [6.07, 6.45) is 1.32. The summed E-state index contributed by atoms with van der Waals surface area (Å²) in [6.45, 7) is 1.91. The van der Waals surface area contributed by atoms with E-state index >= 15 is 0 Å². The molecule has 0 saturated heterocycles. The molecule has 9 heteroatoms. The number of carbonyl (C=O) groups excluding carboxylic acids is 2. The van der Waals surface area contributed by atoms with Gasteiger partial charge in [-0.2, -0.15) is 0 Å². The van der Waals surface area contributed by atoms with Crippen molar-refractivity contribution < 1.29 is 23.8 Å². The lowest BCUT2D eigenvalue weighted by Gasteiger charge is -2.06. The van der Waals surface area contributed by atoms with E-state index in [0.717, 1.165) is 11.3 Å². The van der Waals surface area contributed by atoms with Crippen LogP contribution in [0.5, 0.6) is 5.75 Å². The molecule has 3 aromatic rings. The van der Waals surface area contributed by atoms with Gasteiger partial charge in [0.25, 0.3) is 5.56 Å². The lowest BCUT2D eigenvalue weighted by Crippen LogP contribution is -2.24. The molecule has 0 fully saturated rings. The molecule has 0 unspecified atom stereocenters. The number of rotatable bonds is 8. The lowest BCUT2D eigenvalue weighted by molar-refractivity contribution is 0.0393. The van der Waals surface area contributed by atoms with Crippen LogP contribution in [0.4, 0.5) is 0 Å². The van der Waals surface area contributed by atoms with Crippen LogP contribution in [0.3, 0.4) is 0 Å². The second kappa shape index (κ2) is 8.97. The third-order valence-corrected chi connectivity index (χ3v) is 5.51. The van der Waals surface area contributed by atoms with Gasteiger partial charge >= 0.3 is 5.97 Å². The van der Waals surface area contributed by atoms with Crippen LogP contribution in [0.2, 0.25) is 0 Å². The van der Waals surface area contributed by atoms with Crippen LogP contribution >= 0.6 is 11.3 Å². The predicted molar refractivity (Wildman–Crippen MR) is 108 cm³/mol. The van der Waals surface area contributed by atoms with E-state index < -0.39 is 5.97 Å². The van der Waals surface area contributed by atoms with Gasteiger partial charge in [0.2, 0.25) is 0 Å². The van der Waals surface area contributed by atoms with Gasteiger partial charge < -0.3 is 14.2 Å². The van der Waals surface area contributed by atoms with Crippen molar-refractivity contribution in [1.82, 2.24) is 9.55 Å². The summed E-state index contributed by atoms with van der Waals surface area (Å²) in [4.78, 5) is 42.8. The van der Waals surface area contributed by atoms with E-state index in [1.54, 1.807) is 31.2 Å². The van der Waals surface area contributed by atoms with Crippen molar-refractivity contribution in [2.75, 3.05) is 27.4 Å². The third-order valence-electron chi connectivity index (χ3n) is 4.33. The Labute approximate surface area is 170 Å². The molecule has 0 atom stereocenters. The first-order chi connectivity index (χ1) is 14.0. The highest BCUT2D eigenvalue weighted by molar-refractivity contribution is 7.20. The van der Waals surface area contributed by atoms with Crippen LogP contribution in [0.15, 0.2) is 35.4 Å². The molecule has 0 bridgehead atoms. The molecule has 0 aliphatic heterocycles. The molecule has 3 rings (SSSR count). The van der Waals surface area contributed by atoms with Crippen molar-refractivity contribution in [3.05, 3.63) is 57.0 Å². The zero-order valence-electron chi connectivity index (χ0n) is 16.3. The van der Waals surface area contributed by atoms with Crippen molar-refractivity contribution in [2.45, 2.75) is 13.5 Å². The fraction of sp³-hybridized carbons (Fsp3) is 0.300. The molecule has 0 amide bonds. The Hall–Kier alpha value is -3.04. The van der Waals surface area contributed by atoms with E-state index in [4.69, 9.17) is 14.2 Å². The van der Waals surface area contributed by atoms with Crippen LogP contribution in [-0.4, -0.2) is 48.7 Å². The van der Waals surface area contributed by atoms with Gasteiger partial charge in [0.15, 0.2) is 5.78 Å². The Morgan fingerprint density at radius 1 is 1.21 bits per heavy atom. The van der Waals surface area contributed by atoms with Gasteiger partial charge in [-0.25, -0.2) is 9.78 Å². The normalized spacial score (nSPS) is 10.9. The smallest absolute Gasteiger partial charge is 0.348 e. The van der Waals surface area contributed by atoms with Crippen LogP contribution in [0.1, 0.15) is 25.6 Å². The van der Waals surface area contributed by atoms with Gasteiger partial charge in [-0.05, 0) is 24.6 Å². The second-order valence-electron chi connectivity index (χ2n) is 6.20. The van der Waals surface area contributed by atoms with E-state index in [0.29, 0.717) is 32.0 Å². The van der Waals surface area contributed by atoms with Crippen molar-refractivity contribution >= 4 is 33.3 Å². The topological polar surface area (TPSA) is 96.7 Å². The number of benzene rings is 1. The highest BCUT2D eigenvalue weighted by atomic mass is 32.1. The molecule has 0 N–H and O–H groups in total. The van der Waals surface area contributed by atoms with Crippen LogP contribution in [0.25, 0.3) is 10.2 Å². The molecule has 1 aromatic carbocycles. The SMILES string of the molecule is COCCOC(=O)c1sc2ncn(CC(=O)c3cccc(OC)c3)c(=O)c2c1C. The van der Waals surface area contributed by atoms with E-state index in [-0.39, 0.29) is 31.1 Å². The van der Waals surface area contributed by atoms with E-state index in [1.807, 2.05) is 0 Å². The number of ketones is 1. The van der Waals surface area contributed by atoms with Gasteiger partial charge in [0, 0.05) is 12.7 Å². The minimum atomic E-state index is -0.527. The van der Waals surface area contributed by atoms with E-state index in [2.05, 4.69) is 4.98 Å². The number of hydrogen-bond donors (Lipinski definition) is 0. The summed E-state index contributed by atoms with van der Waals surface area (Å²) in [5, 5.41) is 0.314. The molecule has 2 aromatic heterocycles. The standard InChI is InChI=1S/C20H20N2O6S/c1-12-16-18(29-17(12)20(25)28-8-7-26-2)21-11-22(19(16)24)10-15(23)13-5-4-6-14(9-13)27-3/h4-6,9,11H,7-8,10H2,1-3H3. The molecule has 0 spiro atoms. The highest BCUT2D eigenvalue weighted by Gasteiger charge is 2.21. The van der Waals surface area contributed by atoms with E-state index in [1.165, 1.54) is 25.1 Å². The number of aryl methyl sites for hydroxylation is 1. The van der Waals surface area contributed by atoms with Crippen molar-refractivity contribution in [1.29, 1.82) is 0 Å². The summed E-state index contributed by atoms with van der Waals surface area (Å²) < 4.78 is 16.4. The quantitative estimate of drug-likeness (QED) is 0.316. The summed E-state index contributed by atoms with van der Waals surface area (Å²) >= 11 is 1.09. The number of hydrogen-bond acceptors (Lipinski definition) is 8. The Bertz CT molecular complexity index is 1120. The number of esters is 1. The fourth-order valence-electron chi connectivity index (χ4n) is 2.79. The number of ether oxygens (including phenoxy) is 3. The lowest BCUT2D eigenvalue weighted by atomic mass is 10.1. The van der Waals surface area contributed by atoms with Crippen LogP contribution in [-0.2, 0) is 16.0 Å². The summed E-state index contributed by atoms with van der Waals surface area (Å²) in [5.41, 5.74) is 0.546. The number of fused-ring (bicyclic) bond motifs is 1. The first-order valence-corrected chi connectivity index (χ1v) is 9.59. The number of nitrogens with zero attached hydrogens (tertiary/aromatic N) is 2. The Morgan fingerprint density at radius 3 is 2.72 bits per heavy atom. The number of aromatic nitrogens is 2. The zero-order valence-corrected chi connectivity index (χ0v) is 17.1. The Kier molecular flexibility index (Phi) is 6.40. The van der Waals surface area contributed by atoms with Crippen molar-refractivity contribution in [3.8, 4) is 5.75 Å². The molecular weight excluding hydrogens is 396 g/mol. The van der Waals surface area contributed by atoms with Crippen molar-refractivity contribution in [3.63, 3.8) is 0 Å². The minimum Gasteiger partial charge on any atom is -0.497 e. The minimum absolute atomic E-state index is 0.121. The Balaban J connectivity index is 1.89. The molecule has 0 radical (unpaired) electrons. The molecule has 0 aliphatic rings. The maximum Gasteiger partial charge on any atom is 0.348 e. The third kappa shape index (κ3) is 4.36.